The Kier molecular flexibility index (Phi) is 2.44. The van der Waals surface area contributed by atoms with E-state index in [2.05, 4.69) is 4.74 Å². The lowest BCUT2D eigenvalue weighted by atomic mass is 10.2. The van der Waals surface area contributed by atoms with Gasteiger partial charge in [0.25, 0.3) is 0 Å². The van der Waals surface area contributed by atoms with Crippen LogP contribution in [0.3, 0.4) is 0 Å². The third kappa shape index (κ3) is 2.15. The van der Waals surface area contributed by atoms with E-state index < -0.39 is 18.4 Å². The monoisotopic (exact) mass is 162 g/mol. The van der Waals surface area contributed by atoms with E-state index in [9.17, 15) is 9.18 Å². The van der Waals surface area contributed by atoms with Crippen LogP contribution in [0.5, 0.6) is 0 Å². The first-order valence-electron chi connectivity index (χ1n) is 3.56. The van der Waals surface area contributed by atoms with E-state index in [4.69, 9.17) is 4.74 Å². The SMILES string of the molecule is CC(=O)O[C@@H]1O[C@H](C)C[C@H]1F. The molecule has 0 radical (unpaired) electrons. The molecule has 11 heavy (non-hydrogen) atoms. The van der Waals surface area contributed by atoms with Crippen molar-refractivity contribution in [2.75, 3.05) is 0 Å². The van der Waals surface area contributed by atoms with Crippen molar-refractivity contribution in [1.82, 2.24) is 0 Å². The molecule has 64 valence electrons. The number of ether oxygens (including phenoxy) is 2. The first-order chi connectivity index (χ1) is 5.09. The smallest absolute Gasteiger partial charge is 0.305 e. The number of rotatable bonds is 1. The highest BCUT2D eigenvalue weighted by Gasteiger charge is 2.35. The molecule has 1 aliphatic rings. The molecule has 0 unspecified atom stereocenters. The molecule has 1 aliphatic heterocycles. The van der Waals surface area contributed by atoms with Gasteiger partial charge in [0, 0.05) is 13.3 Å². The van der Waals surface area contributed by atoms with Crippen LogP contribution in [0.2, 0.25) is 0 Å². The van der Waals surface area contributed by atoms with Gasteiger partial charge in [-0.25, -0.2) is 4.39 Å². The van der Waals surface area contributed by atoms with Gasteiger partial charge in [0.15, 0.2) is 6.17 Å². The first-order valence-corrected chi connectivity index (χ1v) is 3.56. The third-order valence-electron chi connectivity index (χ3n) is 1.50. The molecule has 1 rings (SSSR count). The highest BCUT2D eigenvalue weighted by molar-refractivity contribution is 5.66. The van der Waals surface area contributed by atoms with Gasteiger partial charge >= 0.3 is 5.97 Å². The zero-order valence-electron chi connectivity index (χ0n) is 6.54. The Hall–Kier alpha value is -0.640. The average molecular weight is 162 g/mol. The predicted octanol–water partition coefficient (Wildman–Crippen LogP) is 1.02. The topological polar surface area (TPSA) is 35.5 Å². The fourth-order valence-electron chi connectivity index (χ4n) is 1.06. The van der Waals surface area contributed by atoms with Crippen LogP contribution in [-0.4, -0.2) is 24.5 Å². The van der Waals surface area contributed by atoms with Gasteiger partial charge in [-0.05, 0) is 6.92 Å². The standard InChI is InChI=1S/C7H11FO3/c1-4-3-6(8)7(10-4)11-5(2)9/h4,6-7H,3H2,1-2H3/t4-,6-,7+/m1/s1. The van der Waals surface area contributed by atoms with Crippen molar-refractivity contribution in [3.05, 3.63) is 0 Å². The van der Waals surface area contributed by atoms with E-state index in [1.54, 1.807) is 6.92 Å². The van der Waals surface area contributed by atoms with E-state index in [0.29, 0.717) is 6.42 Å². The summed E-state index contributed by atoms with van der Waals surface area (Å²) in [6.07, 6.45) is -2.01. The molecule has 1 saturated heterocycles. The number of carbonyl (C=O) groups is 1. The van der Waals surface area contributed by atoms with E-state index in [-0.39, 0.29) is 6.10 Å². The second-order valence-electron chi connectivity index (χ2n) is 2.68. The molecular weight excluding hydrogens is 151 g/mol. The van der Waals surface area contributed by atoms with Crippen molar-refractivity contribution in [1.29, 1.82) is 0 Å². The minimum absolute atomic E-state index is 0.158. The van der Waals surface area contributed by atoms with Crippen LogP contribution < -0.4 is 0 Å². The van der Waals surface area contributed by atoms with E-state index in [1.165, 1.54) is 6.92 Å². The third-order valence-corrected chi connectivity index (χ3v) is 1.50. The molecule has 0 saturated carbocycles. The lowest BCUT2D eigenvalue weighted by Gasteiger charge is -2.11. The summed E-state index contributed by atoms with van der Waals surface area (Å²) in [5.74, 6) is -0.508. The molecule has 0 N–H and O–H groups in total. The normalized spacial score (nSPS) is 37.2. The van der Waals surface area contributed by atoms with Crippen molar-refractivity contribution in [3.63, 3.8) is 0 Å². The number of hydrogen-bond acceptors (Lipinski definition) is 3. The highest BCUT2D eigenvalue weighted by Crippen LogP contribution is 2.23. The molecule has 0 aromatic heterocycles. The van der Waals surface area contributed by atoms with Crippen LogP contribution >= 0.6 is 0 Å². The molecule has 3 nitrogen and oxygen atoms in total. The maximum Gasteiger partial charge on any atom is 0.305 e. The van der Waals surface area contributed by atoms with Crippen LogP contribution in [0.4, 0.5) is 4.39 Å². The summed E-state index contributed by atoms with van der Waals surface area (Å²) in [6.45, 7) is 2.98. The zero-order valence-corrected chi connectivity index (χ0v) is 6.54. The van der Waals surface area contributed by atoms with Crippen LogP contribution in [0, 0.1) is 0 Å². The average Bonchev–Trinajstić information content (AvgIpc) is 2.09. The van der Waals surface area contributed by atoms with Crippen LogP contribution in [0.25, 0.3) is 0 Å². The second-order valence-corrected chi connectivity index (χ2v) is 2.68. The van der Waals surface area contributed by atoms with Gasteiger partial charge in [-0.1, -0.05) is 0 Å². The van der Waals surface area contributed by atoms with Crippen LogP contribution in [-0.2, 0) is 14.3 Å². The van der Waals surface area contributed by atoms with Gasteiger partial charge in [-0.15, -0.1) is 0 Å². The summed E-state index contributed by atoms with van der Waals surface area (Å²) in [6, 6.07) is 0. The summed E-state index contributed by atoms with van der Waals surface area (Å²) in [4.78, 5) is 10.4. The Morgan fingerprint density at radius 2 is 2.36 bits per heavy atom. The minimum atomic E-state index is -1.17. The molecular formula is C7H11FO3. The largest absolute Gasteiger partial charge is 0.433 e. The summed E-state index contributed by atoms with van der Waals surface area (Å²) in [5, 5.41) is 0. The summed E-state index contributed by atoms with van der Waals surface area (Å²) in [7, 11) is 0. The van der Waals surface area contributed by atoms with E-state index in [0.717, 1.165) is 0 Å². The summed E-state index contributed by atoms with van der Waals surface area (Å²) < 4.78 is 22.3. The Balaban J connectivity index is 2.40. The quantitative estimate of drug-likeness (QED) is 0.540. The van der Waals surface area contributed by atoms with Crippen molar-refractivity contribution >= 4 is 5.97 Å². The summed E-state index contributed by atoms with van der Waals surface area (Å²) in [5.41, 5.74) is 0. The number of halogens is 1. The summed E-state index contributed by atoms with van der Waals surface area (Å²) >= 11 is 0. The Labute approximate surface area is 64.5 Å². The molecule has 4 heteroatoms. The highest BCUT2D eigenvalue weighted by atomic mass is 19.1. The Morgan fingerprint density at radius 3 is 2.73 bits per heavy atom. The molecule has 1 heterocycles. The second kappa shape index (κ2) is 3.17. The van der Waals surface area contributed by atoms with Crippen molar-refractivity contribution in [2.24, 2.45) is 0 Å². The van der Waals surface area contributed by atoms with Gasteiger partial charge < -0.3 is 9.47 Å². The van der Waals surface area contributed by atoms with Gasteiger partial charge in [-0.2, -0.15) is 0 Å². The van der Waals surface area contributed by atoms with Crippen molar-refractivity contribution in [2.45, 2.75) is 38.8 Å². The molecule has 3 atom stereocenters. The zero-order chi connectivity index (χ0) is 8.43. The minimum Gasteiger partial charge on any atom is -0.433 e. The lowest BCUT2D eigenvalue weighted by molar-refractivity contribution is -0.179. The molecule has 0 bridgehead atoms. The van der Waals surface area contributed by atoms with E-state index in [1.807, 2.05) is 0 Å². The maximum atomic E-state index is 12.8. The fourth-order valence-corrected chi connectivity index (χ4v) is 1.06. The van der Waals surface area contributed by atoms with Crippen molar-refractivity contribution in [3.8, 4) is 0 Å². The Morgan fingerprint density at radius 1 is 1.73 bits per heavy atom. The number of hydrogen-bond donors (Lipinski definition) is 0. The van der Waals surface area contributed by atoms with Crippen LogP contribution in [0.15, 0.2) is 0 Å². The number of carbonyl (C=O) groups excluding carboxylic acids is 1. The maximum absolute atomic E-state index is 12.8. The lowest BCUT2D eigenvalue weighted by Crippen LogP contribution is -2.23. The molecule has 0 amide bonds. The molecule has 0 spiro atoms. The number of esters is 1. The predicted molar refractivity (Wildman–Crippen MR) is 35.6 cm³/mol. The number of alkyl halides is 1. The van der Waals surface area contributed by atoms with Crippen LogP contribution in [0.1, 0.15) is 20.3 Å². The first kappa shape index (κ1) is 8.46. The van der Waals surface area contributed by atoms with Gasteiger partial charge in [0.1, 0.15) is 0 Å². The molecule has 0 aromatic carbocycles. The molecule has 0 aliphatic carbocycles. The fraction of sp³-hybridized carbons (Fsp3) is 0.857. The molecule has 1 fully saturated rings. The molecule has 0 aromatic rings. The van der Waals surface area contributed by atoms with Gasteiger partial charge in [-0.3, -0.25) is 4.79 Å². The van der Waals surface area contributed by atoms with Gasteiger partial charge in [0.05, 0.1) is 6.10 Å². The van der Waals surface area contributed by atoms with Crippen molar-refractivity contribution < 1.29 is 18.7 Å². The van der Waals surface area contributed by atoms with E-state index >= 15 is 0 Å². The Bertz CT molecular complexity index is 160. The van der Waals surface area contributed by atoms with Gasteiger partial charge in [0.2, 0.25) is 6.29 Å².